The maximum absolute atomic E-state index is 11.9. The van der Waals surface area contributed by atoms with Crippen LogP contribution in [0.15, 0.2) is 28.7 Å². The molecule has 6 nitrogen and oxygen atoms in total. The molecule has 1 aliphatic heterocycles. The van der Waals surface area contributed by atoms with Crippen LogP contribution in [0.5, 0.6) is 0 Å². The van der Waals surface area contributed by atoms with E-state index in [9.17, 15) is 14.4 Å². The summed E-state index contributed by atoms with van der Waals surface area (Å²) in [7, 11) is 0. The lowest BCUT2D eigenvalue weighted by atomic mass is 10.2. The standard InChI is InChI=1S/C13H13BrN2O4S/c14-7-1-3-8(4-2-7)15-11(17)5-10-12(18)16-9(6-21-10)13(19)20/h1-4,9-10H,5-6H2,(H,15,17)(H,16,18)(H,19,20). The number of anilines is 1. The summed E-state index contributed by atoms with van der Waals surface area (Å²) in [6.45, 7) is 0. The lowest BCUT2D eigenvalue weighted by Crippen LogP contribution is -2.51. The van der Waals surface area contributed by atoms with Crippen LogP contribution in [-0.4, -0.2) is 39.9 Å². The molecule has 1 aliphatic rings. The normalized spacial score (nSPS) is 21.5. The van der Waals surface area contributed by atoms with Crippen molar-refractivity contribution in [2.75, 3.05) is 11.1 Å². The Morgan fingerprint density at radius 1 is 1.38 bits per heavy atom. The number of hydrogen-bond donors (Lipinski definition) is 3. The van der Waals surface area contributed by atoms with E-state index in [1.165, 1.54) is 11.8 Å². The predicted octanol–water partition coefficient (Wildman–Crippen LogP) is 1.46. The van der Waals surface area contributed by atoms with Gasteiger partial charge in [-0.25, -0.2) is 4.79 Å². The maximum atomic E-state index is 11.9. The van der Waals surface area contributed by atoms with Crippen LogP contribution >= 0.6 is 27.7 Å². The minimum Gasteiger partial charge on any atom is -0.480 e. The van der Waals surface area contributed by atoms with Crippen molar-refractivity contribution in [1.29, 1.82) is 0 Å². The second-order valence-electron chi connectivity index (χ2n) is 4.48. The summed E-state index contributed by atoms with van der Waals surface area (Å²) < 4.78 is 0.905. The van der Waals surface area contributed by atoms with E-state index >= 15 is 0 Å². The van der Waals surface area contributed by atoms with Crippen LogP contribution in [0.25, 0.3) is 0 Å². The highest BCUT2D eigenvalue weighted by molar-refractivity contribution is 9.10. The van der Waals surface area contributed by atoms with Crippen LogP contribution in [0, 0.1) is 0 Å². The number of nitrogens with one attached hydrogen (secondary N) is 2. The van der Waals surface area contributed by atoms with Crippen molar-refractivity contribution in [2.24, 2.45) is 0 Å². The van der Waals surface area contributed by atoms with Gasteiger partial charge in [-0.3, -0.25) is 9.59 Å². The van der Waals surface area contributed by atoms with Gasteiger partial charge in [0.05, 0.1) is 5.25 Å². The molecule has 21 heavy (non-hydrogen) atoms. The van der Waals surface area contributed by atoms with Gasteiger partial charge in [-0.2, -0.15) is 0 Å². The van der Waals surface area contributed by atoms with Gasteiger partial charge in [-0.05, 0) is 24.3 Å². The Bertz CT molecular complexity index is 564. The molecule has 112 valence electrons. The monoisotopic (exact) mass is 372 g/mol. The van der Waals surface area contributed by atoms with Gasteiger partial charge in [0.2, 0.25) is 11.8 Å². The molecule has 2 rings (SSSR count). The number of halogens is 1. The van der Waals surface area contributed by atoms with E-state index in [1.54, 1.807) is 24.3 Å². The number of amides is 2. The van der Waals surface area contributed by atoms with E-state index in [4.69, 9.17) is 5.11 Å². The van der Waals surface area contributed by atoms with E-state index in [0.29, 0.717) is 5.69 Å². The van der Waals surface area contributed by atoms with Crippen molar-refractivity contribution < 1.29 is 19.5 Å². The minimum atomic E-state index is -1.06. The molecule has 3 N–H and O–H groups in total. The Morgan fingerprint density at radius 3 is 2.62 bits per heavy atom. The van der Waals surface area contributed by atoms with E-state index in [2.05, 4.69) is 26.6 Å². The quantitative estimate of drug-likeness (QED) is 0.743. The first-order valence-electron chi connectivity index (χ1n) is 6.16. The van der Waals surface area contributed by atoms with Crippen LogP contribution in [0.1, 0.15) is 6.42 Å². The lowest BCUT2D eigenvalue weighted by molar-refractivity contribution is -0.141. The lowest BCUT2D eigenvalue weighted by Gasteiger charge is -2.25. The Hall–Kier alpha value is -1.54. The second-order valence-corrected chi connectivity index (χ2v) is 6.63. The van der Waals surface area contributed by atoms with Crippen LogP contribution in [0.3, 0.4) is 0 Å². The van der Waals surface area contributed by atoms with Crippen LogP contribution in [0.2, 0.25) is 0 Å². The molecule has 0 bridgehead atoms. The third kappa shape index (κ3) is 4.47. The molecular weight excluding hydrogens is 360 g/mol. The molecule has 0 saturated carbocycles. The van der Waals surface area contributed by atoms with Gasteiger partial charge < -0.3 is 15.7 Å². The fourth-order valence-corrected chi connectivity index (χ4v) is 3.20. The Labute approximate surface area is 133 Å². The average molecular weight is 373 g/mol. The summed E-state index contributed by atoms with van der Waals surface area (Å²) in [6, 6.07) is 6.21. The molecule has 0 spiro atoms. The number of carbonyl (C=O) groups is 3. The molecule has 2 unspecified atom stereocenters. The molecule has 2 atom stereocenters. The summed E-state index contributed by atoms with van der Waals surface area (Å²) in [5, 5.41) is 13.4. The highest BCUT2D eigenvalue weighted by Gasteiger charge is 2.33. The molecule has 2 amide bonds. The molecule has 0 aromatic heterocycles. The van der Waals surface area contributed by atoms with E-state index in [-0.39, 0.29) is 18.1 Å². The molecule has 1 saturated heterocycles. The fraction of sp³-hybridized carbons (Fsp3) is 0.308. The third-order valence-corrected chi connectivity index (χ3v) is 4.71. The molecule has 1 heterocycles. The minimum absolute atomic E-state index is 0.0128. The first kappa shape index (κ1) is 15.8. The van der Waals surface area contributed by atoms with Gasteiger partial charge in [0.1, 0.15) is 6.04 Å². The van der Waals surface area contributed by atoms with Gasteiger partial charge in [0.15, 0.2) is 0 Å². The molecule has 1 fully saturated rings. The molecular formula is C13H13BrN2O4S. The Kier molecular flexibility index (Phi) is 5.24. The van der Waals surface area contributed by atoms with Gasteiger partial charge in [-0.15, -0.1) is 11.8 Å². The number of thioether (sulfide) groups is 1. The Morgan fingerprint density at radius 2 is 2.05 bits per heavy atom. The van der Waals surface area contributed by atoms with Crippen molar-refractivity contribution in [3.05, 3.63) is 28.7 Å². The first-order valence-corrected chi connectivity index (χ1v) is 8.00. The van der Waals surface area contributed by atoms with E-state index in [1.807, 2.05) is 0 Å². The summed E-state index contributed by atoms with van der Waals surface area (Å²) in [5.74, 6) is -1.49. The van der Waals surface area contributed by atoms with Gasteiger partial charge in [0.25, 0.3) is 0 Å². The molecule has 0 radical (unpaired) electrons. The Balaban J connectivity index is 1.87. The second kappa shape index (κ2) is 6.95. The topological polar surface area (TPSA) is 95.5 Å². The molecule has 8 heteroatoms. The zero-order valence-corrected chi connectivity index (χ0v) is 13.2. The number of carbonyl (C=O) groups excluding carboxylic acids is 2. The maximum Gasteiger partial charge on any atom is 0.327 e. The van der Waals surface area contributed by atoms with E-state index < -0.39 is 23.2 Å². The summed E-state index contributed by atoms with van der Waals surface area (Å²) >= 11 is 4.49. The van der Waals surface area contributed by atoms with Crippen LogP contribution in [-0.2, 0) is 14.4 Å². The zero-order chi connectivity index (χ0) is 15.4. The van der Waals surface area contributed by atoms with Crippen molar-refractivity contribution in [1.82, 2.24) is 5.32 Å². The number of aliphatic carboxylic acids is 1. The number of carboxylic acids is 1. The SMILES string of the molecule is O=C(CC1SCC(C(=O)O)NC1=O)Nc1ccc(Br)cc1. The molecule has 0 aliphatic carbocycles. The number of benzene rings is 1. The smallest absolute Gasteiger partial charge is 0.327 e. The fourth-order valence-electron chi connectivity index (χ4n) is 1.79. The van der Waals surface area contributed by atoms with E-state index in [0.717, 1.165) is 4.47 Å². The average Bonchev–Trinajstić information content (AvgIpc) is 2.43. The zero-order valence-electron chi connectivity index (χ0n) is 10.8. The van der Waals surface area contributed by atoms with Gasteiger partial charge in [-0.1, -0.05) is 15.9 Å². The highest BCUT2D eigenvalue weighted by atomic mass is 79.9. The summed E-state index contributed by atoms with van der Waals surface area (Å²) in [4.78, 5) is 34.4. The first-order chi connectivity index (χ1) is 9.95. The summed E-state index contributed by atoms with van der Waals surface area (Å²) in [5.41, 5.74) is 0.646. The van der Waals surface area contributed by atoms with Crippen LogP contribution < -0.4 is 10.6 Å². The third-order valence-electron chi connectivity index (χ3n) is 2.87. The predicted molar refractivity (Wildman–Crippen MR) is 83.2 cm³/mol. The van der Waals surface area contributed by atoms with Crippen LogP contribution in [0.4, 0.5) is 5.69 Å². The van der Waals surface area contributed by atoms with Gasteiger partial charge >= 0.3 is 5.97 Å². The number of carboxylic acid groups (broad SMARTS) is 1. The van der Waals surface area contributed by atoms with Crippen molar-refractivity contribution in [2.45, 2.75) is 17.7 Å². The van der Waals surface area contributed by atoms with Gasteiger partial charge in [0, 0.05) is 22.3 Å². The number of hydrogen-bond acceptors (Lipinski definition) is 4. The highest BCUT2D eigenvalue weighted by Crippen LogP contribution is 2.22. The van der Waals surface area contributed by atoms with Crippen molar-refractivity contribution in [3.8, 4) is 0 Å². The number of rotatable bonds is 4. The molecule has 1 aromatic rings. The molecule has 1 aromatic carbocycles. The summed E-state index contributed by atoms with van der Waals surface area (Å²) in [6.07, 6.45) is 0.0128. The largest absolute Gasteiger partial charge is 0.480 e. The van der Waals surface area contributed by atoms with Crippen molar-refractivity contribution >= 4 is 51.2 Å². The van der Waals surface area contributed by atoms with Crippen molar-refractivity contribution in [3.63, 3.8) is 0 Å².